The van der Waals surface area contributed by atoms with Gasteiger partial charge < -0.3 is 0 Å². The van der Waals surface area contributed by atoms with Crippen molar-refractivity contribution in [2.75, 3.05) is 6.16 Å². The number of rotatable bonds is 4. The molecule has 0 spiro atoms. The first-order chi connectivity index (χ1) is 4.24. The molecule has 0 heterocycles. The van der Waals surface area contributed by atoms with Crippen LogP contribution in [-0.4, -0.2) is 6.16 Å². The minimum atomic E-state index is -2.90. The summed E-state index contributed by atoms with van der Waals surface area (Å²) >= 11 is 14.9. The van der Waals surface area contributed by atoms with Crippen LogP contribution in [0, 0.1) is 0 Å². The molecule has 0 aliphatic rings. The quantitative estimate of drug-likeness (QED) is 0.675. The summed E-state index contributed by atoms with van der Waals surface area (Å²) in [5.41, 5.74) is 0. The van der Waals surface area contributed by atoms with E-state index in [-0.39, 0.29) is 0 Å². The first-order valence-corrected chi connectivity index (χ1v) is 4.99. The molecule has 0 aromatic rings. The van der Waals surface area contributed by atoms with Gasteiger partial charge in [-0.15, -0.1) is 0 Å². The fraction of sp³-hybridized carbons (Fsp3) is 1.00. The number of hydrogen-bond acceptors (Lipinski definition) is 3. The third-order valence-corrected chi connectivity index (χ3v) is 4.47. The van der Waals surface area contributed by atoms with E-state index in [1.807, 2.05) is 0 Å². The van der Waals surface area contributed by atoms with Gasteiger partial charge >= 0.3 is 68.9 Å². The van der Waals surface area contributed by atoms with Crippen LogP contribution < -0.4 is 0 Å². The zero-order valence-electron chi connectivity index (χ0n) is 4.57. The Morgan fingerprint density at radius 2 is 1.44 bits per heavy atom. The van der Waals surface area contributed by atoms with Crippen LogP contribution >= 0.6 is 43.5 Å². The molecule has 7 heteroatoms. The molecule has 0 fully saturated rings. The Hall–Kier alpha value is 1.18. The van der Waals surface area contributed by atoms with Crippen molar-refractivity contribution < 1.29 is 12.2 Å². The standard InChI is InChI=1S/C2H6Cl3O3P/c1-2-9(6-3,7-4)8-5/h9H,2H2,1H3. The van der Waals surface area contributed by atoms with E-state index >= 15 is 0 Å². The molecule has 0 radical (unpaired) electrons. The molecular weight excluding hydrogens is 209 g/mol. The molecule has 0 aromatic carbocycles. The topological polar surface area (TPSA) is 27.7 Å². The van der Waals surface area contributed by atoms with Gasteiger partial charge in [-0.2, -0.15) is 0 Å². The molecule has 0 N–H and O–H groups in total. The Balaban J connectivity index is 3.82. The molecule has 0 saturated carbocycles. The fourth-order valence-corrected chi connectivity index (χ4v) is 2.44. The predicted octanol–water partition coefficient (Wildman–Crippen LogP) is 3.01. The Bertz CT molecular complexity index is 59.9. The third-order valence-electron chi connectivity index (χ3n) is 0.786. The molecule has 0 rings (SSSR count). The first kappa shape index (κ1) is 10.2. The summed E-state index contributed by atoms with van der Waals surface area (Å²) in [7, 11) is -2.90. The van der Waals surface area contributed by atoms with E-state index in [0.29, 0.717) is 6.16 Å². The number of hydrogen-bond donors (Lipinski definition) is 0. The summed E-state index contributed by atoms with van der Waals surface area (Å²) in [4.78, 5) is 0. The average molecular weight is 215 g/mol. The first-order valence-electron chi connectivity index (χ1n) is 2.14. The Labute approximate surface area is 69.2 Å². The molecule has 0 aliphatic carbocycles. The minimum absolute atomic E-state index is 0.420. The molecule has 0 aliphatic heterocycles. The molecule has 0 bridgehead atoms. The van der Waals surface area contributed by atoms with Crippen LogP contribution in [0.15, 0.2) is 0 Å². The van der Waals surface area contributed by atoms with Crippen molar-refractivity contribution >= 4 is 43.5 Å². The summed E-state index contributed by atoms with van der Waals surface area (Å²) < 4.78 is 12.9. The van der Waals surface area contributed by atoms with Gasteiger partial charge in [-0.3, -0.25) is 0 Å². The predicted molar refractivity (Wildman–Crippen MR) is 39.7 cm³/mol. The van der Waals surface area contributed by atoms with Crippen LogP contribution in [0.5, 0.6) is 0 Å². The summed E-state index contributed by atoms with van der Waals surface area (Å²) in [6, 6.07) is 0. The van der Waals surface area contributed by atoms with Crippen molar-refractivity contribution in [3.8, 4) is 0 Å². The van der Waals surface area contributed by atoms with Crippen LogP contribution in [0.3, 0.4) is 0 Å². The Morgan fingerprint density at radius 3 is 1.44 bits per heavy atom. The second-order valence-corrected chi connectivity index (χ2v) is 5.19. The molecule has 0 saturated heterocycles. The molecule has 0 amide bonds. The van der Waals surface area contributed by atoms with Gasteiger partial charge in [-0.25, -0.2) is 0 Å². The van der Waals surface area contributed by atoms with Crippen LogP contribution in [0.4, 0.5) is 0 Å². The van der Waals surface area contributed by atoms with Gasteiger partial charge in [0.25, 0.3) is 0 Å². The Morgan fingerprint density at radius 1 is 1.11 bits per heavy atom. The monoisotopic (exact) mass is 214 g/mol. The van der Waals surface area contributed by atoms with Crippen molar-refractivity contribution in [2.24, 2.45) is 0 Å². The molecule has 9 heavy (non-hydrogen) atoms. The zero-order chi connectivity index (χ0) is 7.33. The van der Waals surface area contributed by atoms with Gasteiger partial charge in [-0.05, 0) is 0 Å². The van der Waals surface area contributed by atoms with Crippen molar-refractivity contribution in [1.29, 1.82) is 0 Å². The third kappa shape index (κ3) is 2.72. The van der Waals surface area contributed by atoms with E-state index in [9.17, 15) is 0 Å². The second-order valence-electron chi connectivity index (χ2n) is 1.27. The summed E-state index contributed by atoms with van der Waals surface area (Å²) in [6.07, 6.45) is 0.420. The normalized spacial score (nSPS) is 13.8. The molecule has 58 valence electrons. The van der Waals surface area contributed by atoms with Crippen molar-refractivity contribution in [3.05, 3.63) is 0 Å². The molecule has 3 nitrogen and oxygen atoms in total. The van der Waals surface area contributed by atoms with Crippen LogP contribution in [0.2, 0.25) is 0 Å². The van der Waals surface area contributed by atoms with E-state index in [1.165, 1.54) is 0 Å². The molecule has 0 atom stereocenters. The second kappa shape index (κ2) is 4.91. The van der Waals surface area contributed by atoms with Crippen molar-refractivity contribution in [3.63, 3.8) is 0 Å². The van der Waals surface area contributed by atoms with Gasteiger partial charge in [0.05, 0.1) is 0 Å². The van der Waals surface area contributed by atoms with Gasteiger partial charge in [0.2, 0.25) is 0 Å². The van der Waals surface area contributed by atoms with E-state index in [1.54, 1.807) is 6.92 Å². The average Bonchev–Trinajstić information content (AvgIpc) is 1.95. The SMILES string of the molecule is CC[PH](OCl)(OCl)OCl. The van der Waals surface area contributed by atoms with Crippen LogP contribution in [0.25, 0.3) is 0 Å². The van der Waals surface area contributed by atoms with Gasteiger partial charge in [0, 0.05) is 0 Å². The van der Waals surface area contributed by atoms with Crippen molar-refractivity contribution in [1.82, 2.24) is 0 Å². The van der Waals surface area contributed by atoms with Crippen molar-refractivity contribution in [2.45, 2.75) is 6.92 Å². The van der Waals surface area contributed by atoms with Gasteiger partial charge in [0.15, 0.2) is 0 Å². The summed E-state index contributed by atoms with van der Waals surface area (Å²) in [5.74, 6) is 0. The summed E-state index contributed by atoms with van der Waals surface area (Å²) in [6.45, 7) is 1.74. The molecule has 0 unspecified atom stereocenters. The molecular formula is C2H6Cl3O3P. The maximum absolute atomic E-state index is 4.97. The number of halogens is 3. The van der Waals surface area contributed by atoms with E-state index in [4.69, 9.17) is 35.6 Å². The van der Waals surface area contributed by atoms with Gasteiger partial charge in [0.1, 0.15) is 0 Å². The van der Waals surface area contributed by atoms with E-state index < -0.39 is 7.94 Å². The van der Waals surface area contributed by atoms with Crippen LogP contribution in [0.1, 0.15) is 6.92 Å². The maximum atomic E-state index is 4.97. The fourth-order valence-electron chi connectivity index (χ4n) is 0.199. The van der Waals surface area contributed by atoms with E-state index in [0.717, 1.165) is 0 Å². The van der Waals surface area contributed by atoms with Gasteiger partial charge in [-0.1, -0.05) is 0 Å². The zero-order valence-corrected chi connectivity index (χ0v) is 7.83. The van der Waals surface area contributed by atoms with Crippen LogP contribution in [-0.2, 0) is 12.2 Å². The molecule has 0 aromatic heterocycles. The Kier molecular flexibility index (Phi) is 5.56. The van der Waals surface area contributed by atoms with E-state index in [2.05, 4.69) is 12.2 Å². The summed E-state index contributed by atoms with van der Waals surface area (Å²) in [5, 5.41) is 0.